The van der Waals surface area contributed by atoms with Crippen molar-refractivity contribution in [1.29, 1.82) is 0 Å². The van der Waals surface area contributed by atoms with Crippen LogP contribution >= 0.6 is 0 Å². The molecule has 6 heteroatoms. The fraction of sp³-hybridized carbons (Fsp3) is 0.538. The largest absolute Gasteiger partial charge is 0.472 e. The molecule has 1 rings (SSSR count). The molecule has 0 fully saturated rings. The van der Waals surface area contributed by atoms with E-state index in [-0.39, 0.29) is 24.8 Å². The molecular weight excluding hydrogens is 248 g/mol. The third kappa shape index (κ3) is 6.61. The van der Waals surface area contributed by atoms with E-state index in [4.69, 9.17) is 9.52 Å². The Bertz CT molecular complexity index is 376. The summed E-state index contributed by atoms with van der Waals surface area (Å²) in [5.41, 5.74) is 0.449. The number of hydrogen-bond donors (Lipinski definition) is 3. The molecule has 0 unspecified atom stereocenters. The standard InChI is InChI=1S/C13H20N2O4/c16-8-3-1-2-6-14-12(17)4-7-15-13(18)11-5-9-19-10-11/h5,9-10,16H,1-4,6-8H2,(H,14,17)(H,15,18). The molecule has 1 aromatic heterocycles. The number of carbonyl (C=O) groups excluding carboxylic acids is 2. The van der Waals surface area contributed by atoms with Gasteiger partial charge >= 0.3 is 0 Å². The van der Waals surface area contributed by atoms with Gasteiger partial charge in [-0.25, -0.2) is 0 Å². The van der Waals surface area contributed by atoms with Crippen LogP contribution in [0.25, 0.3) is 0 Å². The molecule has 0 aliphatic rings. The van der Waals surface area contributed by atoms with E-state index in [0.29, 0.717) is 18.7 Å². The summed E-state index contributed by atoms with van der Waals surface area (Å²) in [4.78, 5) is 22.9. The number of aliphatic hydroxyl groups is 1. The molecule has 6 nitrogen and oxygen atoms in total. The van der Waals surface area contributed by atoms with Crippen LogP contribution in [-0.2, 0) is 4.79 Å². The Morgan fingerprint density at radius 2 is 2.00 bits per heavy atom. The van der Waals surface area contributed by atoms with Crippen molar-refractivity contribution in [3.63, 3.8) is 0 Å². The highest BCUT2D eigenvalue weighted by molar-refractivity contribution is 5.93. The molecule has 0 aromatic carbocycles. The van der Waals surface area contributed by atoms with Gasteiger partial charge in [-0.1, -0.05) is 0 Å². The van der Waals surface area contributed by atoms with Crippen LogP contribution in [0.2, 0.25) is 0 Å². The summed E-state index contributed by atoms with van der Waals surface area (Å²) in [5.74, 6) is -0.332. The smallest absolute Gasteiger partial charge is 0.254 e. The van der Waals surface area contributed by atoms with Crippen molar-refractivity contribution in [1.82, 2.24) is 10.6 Å². The minimum atomic E-state index is -0.246. The molecule has 2 amide bonds. The zero-order valence-corrected chi connectivity index (χ0v) is 10.9. The van der Waals surface area contributed by atoms with Gasteiger partial charge in [0.05, 0.1) is 11.8 Å². The molecule has 19 heavy (non-hydrogen) atoms. The van der Waals surface area contributed by atoms with Crippen molar-refractivity contribution in [2.75, 3.05) is 19.7 Å². The first kappa shape index (κ1) is 15.2. The number of furan rings is 1. The van der Waals surface area contributed by atoms with E-state index in [1.54, 1.807) is 6.07 Å². The summed E-state index contributed by atoms with van der Waals surface area (Å²) in [5, 5.41) is 14.0. The second-order valence-electron chi connectivity index (χ2n) is 4.15. The molecule has 0 saturated heterocycles. The van der Waals surface area contributed by atoms with Crippen LogP contribution in [-0.4, -0.2) is 36.6 Å². The van der Waals surface area contributed by atoms with E-state index >= 15 is 0 Å². The predicted molar refractivity (Wildman–Crippen MR) is 69.6 cm³/mol. The van der Waals surface area contributed by atoms with Gasteiger partial charge in [-0.15, -0.1) is 0 Å². The molecule has 0 saturated carbocycles. The fourth-order valence-corrected chi connectivity index (χ4v) is 1.52. The van der Waals surface area contributed by atoms with Gasteiger partial charge in [-0.3, -0.25) is 9.59 Å². The number of nitrogens with one attached hydrogen (secondary N) is 2. The molecule has 0 atom stereocenters. The predicted octanol–water partition coefficient (Wildman–Crippen LogP) is 0.678. The van der Waals surface area contributed by atoms with E-state index in [1.165, 1.54) is 12.5 Å². The number of unbranched alkanes of at least 4 members (excludes halogenated alkanes) is 2. The van der Waals surface area contributed by atoms with Gasteiger partial charge in [0, 0.05) is 26.1 Å². The highest BCUT2D eigenvalue weighted by Crippen LogP contribution is 1.98. The van der Waals surface area contributed by atoms with Crippen molar-refractivity contribution in [3.05, 3.63) is 24.2 Å². The molecule has 106 valence electrons. The molecular formula is C13H20N2O4. The van der Waals surface area contributed by atoms with Gasteiger partial charge in [-0.05, 0) is 25.3 Å². The Morgan fingerprint density at radius 3 is 2.68 bits per heavy atom. The molecule has 3 N–H and O–H groups in total. The van der Waals surface area contributed by atoms with Crippen molar-refractivity contribution in [2.45, 2.75) is 25.7 Å². The number of aliphatic hydroxyl groups excluding tert-OH is 1. The van der Waals surface area contributed by atoms with Crippen LogP contribution in [0, 0.1) is 0 Å². The van der Waals surface area contributed by atoms with Crippen LogP contribution in [0.3, 0.4) is 0 Å². The lowest BCUT2D eigenvalue weighted by molar-refractivity contribution is -0.120. The topological polar surface area (TPSA) is 91.6 Å². The Labute approximate surface area is 112 Å². The highest BCUT2D eigenvalue weighted by atomic mass is 16.3. The molecule has 0 spiro atoms. The first-order valence-electron chi connectivity index (χ1n) is 6.42. The van der Waals surface area contributed by atoms with Crippen LogP contribution in [0.15, 0.2) is 23.0 Å². The Hall–Kier alpha value is -1.82. The summed E-state index contributed by atoms with van der Waals surface area (Å²) in [7, 11) is 0. The zero-order chi connectivity index (χ0) is 13.9. The third-order valence-electron chi connectivity index (χ3n) is 2.58. The Morgan fingerprint density at radius 1 is 1.16 bits per heavy atom. The lowest BCUT2D eigenvalue weighted by Crippen LogP contribution is -2.31. The highest BCUT2D eigenvalue weighted by Gasteiger charge is 2.07. The average molecular weight is 268 g/mol. The Kier molecular flexibility index (Phi) is 7.34. The number of amides is 2. The lowest BCUT2D eigenvalue weighted by atomic mass is 10.2. The van der Waals surface area contributed by atoms with E-state index in [0.717, 1.165) is 19.3 Å². The maximum atomic E-state index is 11.5. The van der Waals surface area contributed by atoms with Gasteiger partial charge in [0.2, 0.25) is 5.91 Å². The maximum Gasteiger partial charge on any atom is 0.254 e. The second-order valence-corrected chi connectivity index (χ2v) is 4.15. The lowest BCUT2D eigenvalue weighted by Gasteiger charge is -2.05. The zero-order valence-electron chi connectivity index (χ0n) is 10.9. The minimum absolute atomic E-state index is 0.0866. The van der Waals surface area contributed by atoms with Gasteiger partial charge in [0.15, 0.2) is 0 Å². The number of carbonyl (C=O) groups is 2. The SMILES string of the molecule is O=C(CCNC(=O)c1ccoc1)NCCCCCO. The van der Waals surface area contributed by atoms with E-state index in [2.05, 4.69) is 10.6 Å². The quantitative estimate of drug-likeness (QED) is 0.574. The van der Waals surface area contributed by atoms with Crippen molar-refractivity contribution >= 4 is 11.8 Å². The Balaban J connectivity index is 2.02. The van der Waals surface area contributed by atoms with E-state index in [1.807, 2.05) is 0 Å². The van der Waals surface area contributed by atoms with Gasteiger partial charge in [-0.2, -0.15) is 0 Å². The van der Waals surface area contributed by atoms with Crippen molar-refractivity contribution in [3.8, 4) is 0 Å². The van der Waals surface area contributed by atoms with Crippen LogP contribution < -0.4 is 10.6 Å². The van der Waals surface area contributed by atoms with Crippen LogP contribution in [0.1, 0.15) is 36.0 Å². The molecule has 1 aromatic rings. The monoisotopic (exact) mass is 268 g/mol. The summed E-state index contributed by atoms with van der Waals surface area (Å²) < 4.78 is 4.79. The minimum Gasteiger partial charge on any atom is -0.472 e. The molecule has 0 aliphatic heterocycles. The van der Waals surface area contributed by atoms with Crippen LogP contribution in [0.4, 0.5) is 0 Å². The molecule has 0 aliphatic carbocycles. The summed E-state index contributed by atoms with van der Waals surface area (Å²) in [6, 6.07) is 1.57. The normalized spacial score (nSPS) is 10.2. The molecule has 0 radical (unpaired) electrons. The molecule has 1 heterocycles. The first-order valence-corrected chi connectivity index (χ1v) is 6.42. The molecule has 0 bridgehead atoms. The average Bonchev–Trinajstić information content (AvgIpc) is 2.92. The van der Waals surface area contributed by atoms with Gasteiger partial charge < -0.3 is 20.2 Å². The first-order chi connectivity index (χ1) is 9.24. The number of rotatable bonds is 9. The van der Waals surface area contributed by atoms with E-state index in [9.17, 15) is 9.59 Å². The van der Waals surface area contributed by atoms with Gasteiger partial charge in [0.1, 0.15) is 6.26 Å². The van der Waals surface area contributed by atoms with E-state index < -0.39 is 0 Å². The number of hydrogen-bond acceptors (Lipinski definition) is 4. The maximum absolute atomic E-state index is 11.5. The summed E-state index contributed by atoms with van der Waals surface area (Å²) in [6.45, 7) is 1.09. The second kappa shape index (κ2) is 9.16. The third-order valence-corrected chi connectivity index (χ3v) is 2.58. The van der Waals surface area contributed by atoms with Gasteiger partial charge in [0.25, 0.3) is 5.91 Å². The van der Waals surface area contributed by atoms with Crippen molar-refractivity contribution < 1.29 is 19.1 Å². The van der Waals surface area contributed by atoms with Crippen LogP contribution in [0.5, 0.6) is 0 Å². The summed E-state index contributed by atoms with van der Waals surface area (Å²) in [6.07, 6.45) is 5.55. The van der Waals surface area contributed by atoms with Crippen molar-refractivity contribution in [2.24, 2.45) is 0 Å². The fourth-order valence-electron chi connectivity index (χ4n) is 1.52. The summed E-state index contributed by atoms with van der Waals surface area (Å²) >= 11 is 0.